The van der Waals surface area contributed by atoms with Crippen molar-refractivity contribution in [1.82, 2.24) is 8.80 Å². The van der Waals surface area contributed by atoms with Crippen LogP contribution in [0, 0.1) is 0 Å². The van der Waals surface area contributed by atoms with Crippen LogP contribution in [0.1, 0.15) is 0 Å². The lowest BCUT2D eigenvalue weighted by atomic mass is 10.0. The molecule has 0 spiro atoms. The van der Waals surface area contributed by atoms with E-state index in [2.05, 4.69) is 249 Å². The predicted molar refractivity (Wildman–Crippen MR) is 277 cm³/mol. The van der Waals surface area contributed by atoms with Crippen LogP contribution in [0.3, 0.4) is 0 Å². The fourth-order valence-electron chi connectivity index (χ4n) is 10.5. The van der Waals surface area contributed by atoms with Crippen LogP contribution in [-0.4, -0.2) is 8.80 Å². The summed E-state index contributed by atoms with van der Waals surface area (Å²) >= 11 is 0. The van der Waals surface area contributed by atoms with E-state index in [4.69, 9.17) is 4.42 Å². The topological polar surface area (TPSA) is 30.2 Å². The molecule has 15 rings (SSSR count). The molecule has 0 saturated carbocycles. The van der Waals surface area contributed by atoms with Gasteiger partial charge in [0.15, 0.2) is 22.1 Å². The molecule has 4 heterocycles. The maximum absolute atomic E-state index is 6.79. The molecule has 5 heteroatoms. The predicted octanol–water partition coefficient (Wildman–Crippen LogP) is 15.0. The second kappa shape index (κ2) is 14.7. The Hall–Kier alpha value is -9.06. The number of benzene rings is 10. The number of hydrogen-bond acceptors (Lipinski definition) is 1. The molecule has 4 aromatic heterocycles. The zero-order valence-electron chi connectivity index (χ0n) is 36.3. The second-order valence-corrected chi connectivity index (χ2v) is 17.5. The highest BCUT2D eigenvalue weighted by Crippen LogP contribution is 2.31. The molecule has 0 saturated heterocycles. The highest BCUT2D eigenvalue weighted by atomic mass is 16.3. The molecule has 67 heavy (non-hydrogen) atoms. The Morgan fingerprint density at radius 3 is 1.00 bits per heavy atom. The summed E-state index contributed by atoms with van der Waals surface area (Å²) in [5, 5.41) is 13.7. The molecule has 11 aromatic carbocycles. The molecule has 22 bridgehead atoms. The van der Waals surface area contributed by atoms with Crippen LogP contribution >= 0.6 is 0 Å². The number of aromatic nitrogens is 4. The van der Waals surface area contributed by atoms with Gasteiger partial charge in [-0.1, -0.05) is 146 Å². The van der Waals surface area contributed by atoms with Crippen molar-refractivity contribution in [3.63, 3.8) is 0 Å². The molecule has 0 amide bonds. The van der Waals surface area contributed by atoms with Crippen molar-refractivity contribution in [3.8, 4) is 0 Å². The zero-order valence-corrected chi connectivity index (χ0v) is 36.3. The lowest BCUT2D eigenvalue weighted by Crippen LogP contribution is -2.18. The van der Waals surface area contributed by atoms with Crippen molar-refractivity contribution in [3.05, 3.63) is 243 Å². The second-order valence-electron chi connectivity index (χ2n) is 17.5. The van der Waals surface area contributed by atoms with Gasteiger partial charge in [-0.3, -0.25) is 0 Å². The van der Waals surface area contributed by atoms with Gasteiger partial charge in [-0.2, -0.15) is 17.6 Å². The number of hydrogen-bond donors (Lipinski definition) is 0. The molecule has 0 fully saturated rings. The van der Waals surface area contributed by atoms with Crippen LogP contribution < -0.4 is 8.80 Å². The lowest BCUT2D eigenvalue weighted by molar-refractivity contribution is -0.479. The van der Waals surface area contributed by atoms with E-state index in [1.165, 1.54) is 0 Å². The van der Waals surface area contributed by atoms with Gasteiger partial charge in [0.25, 0.3) is 12.7 Å². The summed E-state index contributed by atoms with van der Waals surface area (Å²) in [4.78, 5) is 0. The summed E-state index contributed by atoms with van der Waals surface area (Å²) in [5.41, 5.74) is 10.0. The summed E-state index contributed by atoms with van der Waals surface area (Å²) in [5.74, 6) is 0. The van der Waals surface area contributed by atoms with Crippen molar-refractivity contribution in [2.24, 2.45) is 0 Å². The third kappa shape index (κ3) is 6.02. The van der Waals surface area contributed by atoms with Crippen molar-refractivity contribution < 1.29 is 13.2 Å². The van der Waals surface area contributed by atoms with Gasteiger partial charge in [0.05, 0.1) is 0 Å². The van der Waals surface area contributed by atoms with E-state index in [0.717, 1.165) is 120 Å². The van der Waals surface area contributed by atoms with Crippen LogP contribution in [0.2, 0.25) is 0 Å². The van der Waals surface area contributed by atoms with E-state index in [-0.39, 0.29) is 0 Å². The van der Waals surface area contributed by atoms with Gasteiger partial charge in [0, 0.05) is 33.7 Å². The largest absolute Gasteiger partial charge is 0.457 e. The molecule has 0 aliphatic rings. The summed E-state index contributed by atoms with van der Waals surface area (Å²) in [7, 11) is 0. The monoisotopic (exact) mass is 856 g/mol. The minimum absolute atomic E-state index is 0.750. The molecule has 312 valence electrons. The van der Waals surface area contributed by atoms with Crippen LogP contribution in [0.5, 0.6) is 0 Å². The smallest absolute Gasteiger partial charge is 0.255 e. The van der Waals surface area contributed by atoms with Crippen LogP contribution in [0.15, 0.2) is 248 Å². The SMILES string of the molecule is c1cc2cc(c1)c1cccc3c4cccc(c4)c4cccc(c4)c4cccc(c5cccc2c5)c4[n+]2cn(c4cccc(c4)oc4cccc(c4)n4c[n+](c5ccccc54)c13)c1ccccc12. The minimum atomic E-state index is 0.750. The molecule has 5 nitrogen and oxygen atoms in total. The normalized spacial score (nSPS) is 11.9. The van der Waals surface area contributed by atoms with Gasteiger partial charge in [-0.05, 0) is 116 Å². The van der Waals surface area contributed by atoms with Crippen molar-refractivity contribution in [2.45, 2.75) is 0 Å². The van der Waals surface area contributed by atoms with E-state index in [0.29, 0.717) is 0 Å². The molecular formula is C62H40N4O+2. The Labute approximate surface area is 383 Å². The average molecular weight is 857 g/mol. The first-order valence-corrected chi connectivity index (χ1v) is 22.8. The van der Waals surface area contributed by atoms with E-state index in [1.54, 1.807) is 0 Å². The highest BCUT2D eigenvalue weighted by molar-refractivity contribution is 6.12. The van der Waals surface area contributed by atoms with Crippen LogP contribution in [-0.2, 0) is 0 Å². The molecule has 0 radical (unpaired) electrons. The van der Waals surface area contributed by atoms with E-state index in [9.17, 15) is 0 Å². The maximum atomic E-state index is 6.79. The van der Waals surface area contributed by atoms with E-state index < -0.39 is 0 Å². The van der Waals surface area contributed by atoms with E-state index in [1.807, 2.05) is 12.1 Å². The average Bonchev–Trinajstić information content (AvgIpc) is 3.98. The number of para-hydroxylation sites is 6. The third-order valence-electron chi connectivity index (χ3n) is 13.6. The Bertz CT molecular complexity index is 4210. The molecule has 0 aliphatic carbocycles. The summed E-state index contributed by atoms with van der Waals surface area (Å²) in [6.45, 7) is 0. The molecule has 0 N–H and O–H groups in total. The minimum Gasteiger partial charge on any atom is -0.457 e. The third-order valence-corrected chi connectivity index (χ3v) is 13.6. The van der Waals surface area contributed by atoms with Gasteiger partial charge in [0.2, 0.25) is 0 Å². The Morgan fingerprint density at radius 2 is 0.612 bits per heavy atom. The van der Waals surface area contributed by atoms with Gasteiger partial charge in [-0.25, -0.2) is 0 Å². The summed E-state index contributed by atoms with van der Waals surface area (Å²) in [6, 6.07) is 83.9. The quantitative estimate of drug-likeness (QED) is 0.140. The number of imidazole rings is 2. The standard InChI is InChI=1S/C62H40N4O/c1-3-31-59-57(29-1)63-39-65(59)61-53-25-11-26-54(61)46-18-6-14-42(34-46)44-16-8-20-48(36-44)56-28-12-27-55(47-19-7-15-43(35-47)41-13-5-17-45(53)33-41)62(56)66-40-64(58-30-2-4-32-60(58)66)50-22-10-24-52(38-50)67-51-23-9-21-49(63)37-51/h1-40H/q+2. The fraction of sp³-hybridized carbons (Fsp3) is 0. The van der Waals surface area contributed by atoms with Crippen LogP contribution in [0.4, 0.5) is 0 Å². The number of fused-ring (bicyclic) bond motifs is 2. The van der Waals surface area contributed by atoms with Gasteiger partial charge in [-0.15, -0.1) is 0 Å². The molecule has 15 aromatic rings. The first kappa shape index (κ1) is 37.3. The first-order chi connectivity index (χ1) is 33.2. The summed E-state index contributed by atoms with van der Waals surface area (Å²) in [6.07, 6.45) is 4.49. The highest BCUT2D eigenvalue weighted by Gasteiger charge is 2.18. The summed E-state index contributed by atoms with van der Waals surface area (Å²) < 4.78 is 16.1. The Kier molecular flexibility index (Phi) is 8.21. The van der Waals surface area contributed by atoms with Gasteiger partial charge >= 0.3 is 0 Å². The fourth-order valence-corrected chi connectivity index (χ4v) is 10.5. The van der Waals surface area contributed by atoms with Gasteiger partial charge in [0.1, 0.15) is 33.2 Å². The number of rotatable bonds is 0. The van der Waals surface area contributed by atoms with Crippen molar-refractivity contribution >= 4 is 120 Å². The molecule has 0 aliphatic heterocycles. The van der Waals surface area contributed by atoms with Crippen LogP contribution in [0.25, 0.3) is 120 Å². The maximum Gasteiger partial charge on any atom is 0.255 e. The Morgan fingerprint density at radius 1 is 0.284 bits per heavy atom. The molecular weight excluding hydrogens is 817 g/mol. The van der Waals surface area contributed by atoms with E-state index >= 15 is 0 Å². The van der Waals surface area contributed by atoms with Gasteiger partial charge < -0.3 is 4.42 Å². The van der Waals surface area contributed by atoms with Crippen molar-refractivity contribution in [2.75, 3.05) is 0 Å². The zero-order chi connectivity index (χ0) is 44.0. The number of nitrogens with zero attached hydrogens (tertiary/aromatic N) is 4. The molecule has 0 atom stereocenters. The Balaban J connectivity index is 1.35. The first-order valence-electron chi connectivity index (χ1n) is 22.8. The lowest BCUT2D eigenvalue weighted by Gasteiger charge is -2.05. The van der Waals surface area contributed by atoms with Crippen molar-refractivity contribution in [1.29, 1.82) is 0 Å². The molecule has 0 unspecified atom stereocenters.